The van der Waals surface area contributed by atoms with Crippen molar-refractivity contribution in [3.63, 3.8) is 0 Å². The quantitative estimate of drug-likeness (QED) is 0.388. The van der Waals surface area contributed by atoms with Gasteiger partial charge in [0.2, 0.25) is 6.29 Å². The molecule has 0 unspecified atom stereocenters. The second-order valence-electron chi connectivity index (χ2n) is 9.11. The summed E-state index contributed by atoms with van der Waals surface area (Å²) in [5, 5.41) is 0. The number of cyclic esters (lactones) is 1. The predicted molar refractivity (Wildman–Crippen MR) is 99.9 cm³/mol. The molecular formula is C22H34O3. The lowest BCUT2D eigenvalue weighted by atomic mass is 9.47. The highest BCUT2D eigenvalue weighted by molar-refractivity contribution is 5.90. The second kappa shape index (κ2) is 6.90. The topological polar surface area (TPSA) is 35.5 Å². The molecule has 3 fully saturated rings. The molecule has 1 aliphatic heterocycles. The summed E-state index contributed by atoms with van der Waals surface area (Å²) in [5.41, 5.74) is 2.87. The van der Waals surface area contributed by atoms with Crippen molar-refractivity contribution in [3.05, 3.63) is 23.8 Å². The van der Waals surface area contributed by atoms with Gasteiger partial charge in [0.05, 0.1) is 0 Å². The number of rotatable bonds is 4. The number of hydrogen-bond donors (Lipinski definition) is 0. The molecule has 3 aliphatic rings. The van der Waals surface area contributed by atoms with Gasteiger partial charge in [0, 0.05) is 18.6 Å². The molecule has 0 spiro atoms. The van der Waals surface area contributed by atoms with Crippen molar-refractivity contribution in [3.8, 4) is 0 Å². The van der Waals surface area contributed by atoms with Gasteiger partial charge in [-0.1, -0.05) is 45.4 Å². The summed E-state index contributed by atoms with van der Waals surface area (Å²) in [6.45, 7) is 14.3. The van der Waals surface area contributed by atoms with Crippen LogP contribution in [0.5, 0.6) is 0 Å². The van der Waals surface area contributed by atoms with Gasteiger partial charge in [-0.25, -0.2) is 4.79 Å². The highest BCUT2D eigenvalue weighted by Crippen LogP contribution is 2.61. The molecule has 0 aromatic rings. The number of allylic oxidation sites excluding steroid dienone is 2. The third-order valence-electron chi connectivity index (χ3n) is 7.16. The minimum absolute atomic E-state index is 0.203. The van der Waals surface area contributed by atoms with E-state index in [1.54, 1.807) is 0 Å². The molecule has 0 N–H and O–H groups in total. The van der Waals surface area contributed by atoms with Crippen molar-refractivity contribution in [1.29, 1.82) is 0 Å². The van der Waals surface area contributed by atoms with Crippen molar-refractivity contribution in [2.45, 2.75) is 78.9 Å². The molecule has 0 aromatic heterocycles. The minimum atomic E-state index is -0.393. The van der Waals surface area contributed by atoms with Crippen molar-refractivity contribution in [2.75, 3.05) is 6.61 Å². The van der Waals surface area contributed by atoms with Gasteiger partial charge in [0.1, 0.15) is 0 Å². The molecule has 0 radical (unpaired) electrons. The molecule has 25 heavy (non-hydrogen) atoms. The Kier molecular flexibility index (Phi) is 5.16. The Morgan fingerprint density at radius 2 is 2.08 bits per heavy atom. The van der Waals surface area contributed by atoms with Gasteiger partial charge in [0.15, 0.2) is 0 Å². The lowest BCUT2D eigenvalue weighted by Crippen LogP contribution is -2.49. The largest absolute Gasteiger partial charge is 0.432 e. The van der Waals surface area contributed by atoms with Crippen LogP contribution in [0.15, 0.2) is 23.8 Å². The van der Waals surface area contributed by atoms with Gasteiger partial charge in [-0.3, -0.25) is 0 Å². The van der Waals surface area contributed by atoms with E-state index in [2.05, 4.69) is 33.4 Å². The zero-order chi connectivity index (χ0) is 18.2. The average molecular weight is 347 g/mol. The number of hydrogen-bond acceptors (Lipinski definition) is 3. The molecule has 3 rings (SSSR count). The van der Waals surface area contributed by atoms with E-state index >= 15 is 0 Å². The molecule has 0 bridgehead atoms. The van der Waals surface area contributed by atoms with E-state index < -0.39 is 6.29 Å². The zero-order valence-electron chi connectivity index (χ0n) is 16.4. The maximum absolute atomic E-state index is 12.1. The summed E-state index contributed by atoms with van der Waals surface area (Å²) in [7, 11) is 0. The number of ether oxygens (including phenoxy) is 2. The number of esters is 1. The first-order chi connectivity index (χ1) is 11.8. The van der Waals surface area contributed by atoms with Gasteiger partial charge in [-0.05, 0) is 61.7 Å². The third kappa shape index (κ3) is 3.45. The van der Waals surface area contributed by atoms with E-state index in [9.17, 15) is 4.79 Å². The molecular weight excluding hydrogens is 312 g/mol. The number of carbonyl (C=O) groups is 1. The van der Waals surface area contributed by atoms with Crippen LogP contribution >= 0.6 is 0 Å². The van der Waals surface area contributed by atoms with Crippen molar-refractivity contribution in [1.82, 2.24) is 0 Å². The molecule has 0 amide bonds. The Morgan fingerprint density at radius 3 is 2.80 bits per heavy atom. The first-order valence-electron chi connectivity index (χ1n) is 9.97. The van der Waals surface area contributed by atoms with Crippen LogP contribution in [-0.2, 0) is 14.3 Å². The van der Waals surface area contributed by atoms with Crippen LogP contribution in [0.3, 0.4) is 0 Å². The molecule has 3 heteroatoms. The first kappa shape index (κ1) is 18.7. The van der Waals surface area contributed by atoms with Gasteiger partial charge in [-0.15, -0.1) is 0 Å². The lowest BCUT2D eigenvalue weighted by Gasteiger charge is -2.58. The Labute approximate surface area is 152 Å². The summed E-state index contributed by atoms with van der Waals surface area (Å²) in [6, 6.07) is 0. The maximum Gasteiger partial charge on any atom is 0.336 e. The molecule has 1 heterocycles. The fraction of sp³-hybridized carbons (Fsp3) is 0.773. The Balaban J connectivity index is 1.77. The second-order valence-corrected chi connectivity index (χ2v) is 9.11. The summed E-state index contributed by atoms with van der Waals surface area (Å²) >= 11 is 0. The fourth-order valence-electron chi connectivity index (χ4n) is 5.91. The van der Waals surface area contributed by atoms with Gasteiger partial charge in [0.25, 0.3) is 0 Å². The van der Waals surface area contributed by atoms with E-state index in [-0.39, 0.29) is 5.97 Å². The standard InChI is InChI=1S/C22H34O3/c1-6-24-19-14-16(20(23)25-19)9-10-17-15(2)8-11-18-21(3,4)12-7-13-22(17,18)5/h9,17-19H,2,6-8,10-14H2,1,3-5H3/t17-,18-,19+,22+/m0/s1. The van der Waals surface area contributed by atoms with Crippen LogP contribution in [-0.4, -0.2) is 18.9 Å². The highest BCUT2D eigenvalue weighted by Gasteiger charge is 2.52. The minimum Gasteiger partial charge on any atom is -0.432 e. The Hall–Kier alpha value is -1.09. The third-order valence-corrected chi connectivity index (χ3v) is 7.16. The molecule has 1 saturated heterocycles. The van der Waals surface area contributed by atoms with E-state index in [4.69, 9.17) is 9.47 Å². The highest BCUT2D eigenvalue weighted by atomic mass is 16.7. The van der Waals surface area contributed by atoms with Crippen molar-refractivity contribution in [2.24, 2.45) is 22.7 Å². The van der Waals surface area contributed by atoms with E-state index in [0.717, 1.165) is 24.3 Å². The molecule has 140 valence electrons. The molecule has 2 aliphatic carbocycles. The average Bonchev–Trinajstić information content (AvgIpc) is 2.86. The van der Waals surface area contributed by atoms with Crippen molar-refractivity contribution >= 4 is 5.97 Å². The number of fused-ring (bicyclic) bond motifs is 1. The van der Waals surface area contributed by atoms with Crippen molar-refractivity contribution < 1.29 is 14.3 Å². The first-order valence-corrected chi connectivity index (χ1v) is 9.97. The summed E-state index contributed by atoms with van der Waals surface area (Å²) < 4.78 is 10.7. The van der Waals surface area contributed by atoms with E-state index in [1.807, 2.05) is 6.92 Å². The van der Waals surface area contributed by atoms with Gasteiger partial charge in [-0.2, -0.15) is 0 Å². The smallest absolute Gasteiger partial charge is 0.336 e. The van der Waals surface area contributed by atoms with Gasteiger partial charge >= 0.3 is 5.97 Å². The SMILES string of the molecule is C=C1CC[C@H]2C(C)(C)CCC[C@]2(C)[C@H]1CC=C1C[C@H](OCC)OC1=O. The fourth-order valence-corrected chi connectivity index (χ4v) is 5.91. The number of carbonyl (C=O) groups excluding carboxylic acids is 1. The Bertz CT molecular complexity index is 574. The molecule has 0 aromatic carbocycles. The Morgan fingerprint density at radius 1 is 1.32 bits per heavy atom. The van der Waals surface area contributed by atoms with Crippen LogP contribution in [0.2, 0.25) is 0 Å². The van der Waals surface area contributed by atoms with E-state index in [0.29, 0.717) is 29.8 Å². The van der Waals surface area contributed by atoms with Crippen LogP contribution in [0, 0.1) is 22.7 Å². The monoisotopic (exact) mass is 346 g/mol. The molecule has 4 atom stereocenters. The van der Waals surface area contributed by atoms with Gasteiger partial charge < -0.3 is 9.47 Å². The van der Waals surface area contributed by atoms with E-state index in [1.165, 1.54) is 31.3 Å². The normalized spacial score (nSPS) is 39.4. The zero-order valence-corrected chi connectivity index (χ0v) is 16.4. The predicted octanol–water partition coefficient (Wildman–Crippen LogP) is 5.41. The van der Waals surface area contributed by atoms with Crippen LogP contribution in [0.4, 0.5) is 0 Å². The van der Waals surface area contributed by atoms with Crippen LogP contribution in [0.1, 0.15) is 72.6 Å². The maximum atomic E-state index is 12.1. The summed E-state index contributed by atoms with van der Waals surface area (Å²) in [6.07, 6.45) is 9.52. The molecule has 3 nitrogen and oxygen atoms in total. The lowest BCUT2D eigenvalue weighted by molar-refractivity contribution is -0.160. The van der Waals surface area contributed by atoms with Crippen LogP contribution in [0.25, 0.3) is 0 Å². The summed E-state index contributed by atoms with van der Waals surface area (Å²) in [4.78, 5) is 12.1. The molecule has 2 saturated carbocycles. The summed E-state index contributed by atoms with van der Waals surface area (Å²) in [5.74, 6) is 1.01. The van der Waals surface area contributed by atoms with Crippen LogP contribution < -0.4 is 0 Å².